The minimum atomic E-state index is 0.815. The second-order valence-corrected chi connectivity index (χ2v) is 15.6. The van der Waals surface area contributed by atoms with Crippen molar-refractivity contribution in [2.75, 3.05) is 14.2 Å². The van der Waals surface area contributed by atoms with Gasteiger partial charge in [-0.1, -0.05) is 59.7 Å². The molecule has 4 N–H and O–H groups in total. The number of benzene rings is 4. The Morgan fingerprint density at radius 2 is 0.621 bits per heavy atom. The van der Waals surface area contributed by atoms with Crippen LogP contribution in [0, 0.1) is 41.5 Å². The first kappa shape index (κ1) is 36.7. The lowest BCUT2D eigenvalue weighted by molar-refractivity contribution is 0.414. The van der Waals surface area contributed by atoms with E-state index in [0.717, 1.165) is 89.1 Å². The van der Waals surface area contributed by atoms with Crippen molar-refractivity contribution in [2.24, 2.45) is 0 Å². The topological polar surface area (TPSA) is 81.6 Å². The maximum Gasteiger partial charge on any atom is 0.118 e. The van der Waals surface area contributed by atoms with E-state index in [9.17, 15) is 0 Å². The third kappa shape index (κ3) is 6.41. The van der Waals surface area contributed by atoms with Crippen LogP contribution in [0.1, 0.15) is 78.4 Å². The zero-order valence-corrected chi connectivity index (χ0v) is 34.4. The number of aromatic amines is 4. The Labute approximate surface area is 339 Å². The Morgan fingerprint density at radius 3 is 0.931 bits per heavy atom. The number of H-pyrrole nitrogens is 4. The smallest absolute Gasteiger partial charge is 0.118 e. The van der Waals surface area contributed by atoms with Crippen molar-refractivity contribution in [3.63, 3.8) is 0 Å². The average molecular weight is 761 g/mol. The van der Waals surface area contributed by atoms with E-state index in [-0.39, 0.29) is 0 Å². The van der Waals surface area contributed by atoms with Gasteiger partial charge in [0.05, 0.1) is 14.2 Å². The van der Waals surface area contributed by atoms with Crippen LogP contribution < -0.4 is 30.9 Å². The van der Waals surface area contributed by atoms with Crippen molar-refractivity contribution >= 4 is 22.3 Å². The molecule has 0 radical (unpaired) electrons. The third-order valence-electron chi connectivity index (χ3n) is 11.5. The van der Waals surface area contributed by atoms with E-state index in [1.807, 2.05) is 24.3 Å². The number of hydrogen-bond donors (Lipinski definition) is 4. The lowest BCUT2D eigenvalue weighted by Gasteiger charge is -2.15. The second kappa shape index (κ2) is 14.5. The molecule has 0 spiro atoms. The summed E-state index contributed by atoms with van der Waals surface area (Å²) in [6.07, 6.45) is 0. The Hall–Kier alpha value is -6.92. The second-order valence-electron chi connectivity index (χ2n) is 15.6. The Bertz CT molecular complexity index is 2870. The highest BCUT2D eigenvalue weighted by atomic mass is 16.5. The maximum absolute atomic E-state index is 5.59. The van der Waals surface area contributed by atoms with Crippen LogP contribution in [-0.4, -0.2) is 34.2 Å². The number of rotatable bonds is 6. The van der Waals surface area contributed by atoms with Gasteiger partial charge in [-0.05, 0) is 159 Å². The molecule has 8 aromatic rings. The van der Waals surface area contributed by atoms with Gasteiger partial charge in [-0.25, -0.2) is 0 Å². The van der Waals surface area contributed by atoms with Gasteiger partial charge in [-0.2, -0.15) is 0 Å². The van der Waals surface area contributed by atoms with Gasteiger partial charge in [-0.3, -0.25) is 0 Å². The van der Waals surface area contributed by atoms with Crippen LogP contribution in [0.15, 0.2) is 121 Å². The van der Waals surface area contributed by atoms with Crippen LogP contribution in [0.5, 0.6) is 11.5 Å². The van der Waals surface area contributed by atoms with E-state index in [2.05, 4.69) is 159 Å². The van der Waals surface area contributed by atoms with E-state index < -0.39 is 0 Å². The number of hydrogen-bond acceptors (Lipinski definition) is 2. The Kier molecular flexibility index (Phi) is 9.20. The monoisotopic (exact) mass is 760 g/mol. The summed E-state index contributed by atoms with van der Waals surface area (Å²) in [5, 5.41) is 4.05. The molecule has 58 heavy (non-hydrogen) atoms. The van der Waals surface area contributed by atoms with E-state index >= 15 is 0 Å². The van der Waals surface area contributed by atoms with Crippen molar-refractivity contribution in [3.8, 4) is 11.5 Å². The van der Waals surface area contributed by atoms with E-state index in [4.69, 9.17) is 9.47 Å². The summed E-state index contributed by atoms with van der Waals surface area (Å²) in [5.74, 6) is 1.63. The number of fused-ring (bicyclic) bond motifs is 8. The molecular weight excluding hydrogens is 713 g/mol. The fraction of sp³-hybridized carbons (Fsp3) is 0.154. The van der Waals surface area contributed by atoms with Crippen molar-refractivity contribution in [3.05, 3.63) is 221 Å². The quantitative estimate of drug-likeness (QED) is 0.138. The van der Waals surface area contributed by atoms with Gasteiger partial charge in [0.2, 0.25) is 0 Å². The highest BCUT2D eigenvalue weighted by Crippen LogP contribution is 2.33. The molecule has 0 unspecified atom stereocenters. The van der Waals surface area contributed by atoms with Gasteiger partial charge in [0.25, 0.3) is 0 Å². The summed E-state index contributed by atoms with van der Waals surface area (Å²) >= 11 is 0. The summed E-state index contributed by atoms with van der Waals surface area (Å²) in [5.41, 5.74) is 20.3. The average Bonchev–Trinajstić information content (AvgIpc) is 4.05. The number of ether oxygens (including phenoxy) is 2. The van der Waals surface area contributed by atoms with E-state index in [1.165, 1.54) is 44.5 Å². The molecule has 1 aliphatic heterocycles. The van der Waals surface area contributed by atoms with Crippen molar-refractivity contribution in [2.45, 2.75) is 41.5 Å². The predicted molar refractivity (Wildman–Crippen MR) is 235 cm³/mol. The molecule has 6 heteroatoms. The third-order valence-corrected chi connectivity index (χ3v) is 11.5. The van der Waals surface area contributed by atoms with Crippen LogP contribution >= 0.6 is 0 Å². The van der Waals surface area contributed by atoms with Crippen molar-refractivity contribution in [1.29, 1.82) is 0 Å². The fourth-order valence-electron chi connectivity index (χ4n) is 9.15. The fourth-order valence-corrected chi connectivity index (χ4v) is 9.15. The van der Waals surface area contributed by atoms with Gasteiger partial charge in [-0.15, -0.1) is 0 Å². The van der Waals surface area contributed by atoms with Crippen molar-refractivity contribution < 1.29 is 9.47 Å². The number of aromatic nitrogens is 4. The molecule has 0 atom stereocenters. The molecule has 6 nitrogen and oxygen atoms in total. The zero-order chi connectivity index (χ0) is 40.2. The van der Waals surface area contributed by atoms with Crippen LogP contribution in [-0.2, 0) is 0 Å². The summed E-state index contributed by atoms with van der Waals surface area (Å²) in [6.45, 7) is 13.2. The minimum absolute atomic E-state index is 0.815. The number of nitrogens with one attached hydrogen (secondary N) is 4. The largest absolute Gasteiger partial charge is 0.497 e. The molecule has 4 aromatic heterocycles. The first-order chi connectivity index (χ1) is 28.1. The minimum Gasteiger partial charge on any atom is -0.497 e. The molecule has 0 aliphatic carbocycles. The molecule has 8 bridgehead atoms. The predicted octanol–water partition coefficient (Wildman–Crippen LogP) is 8.17. The van der Waals surface area contributed by atoms with Gasteiger partial charge >= 0.3 is 0 Å². The molecule has 0 saturated carbocycles. The summed E-state index contributed by atoms with van der Waals surface area (Å²) in [7, 11) is 3.41. The lowest BCUT2D eigenvalue weighted by Crippen LogP contribution is -2.20. The molecule has 1 aliphatic rings. The van der Waals surface area contributed by atoms with Crippen LogP contribution in [0.2, 0.25) is 0 Å². The standard InChI is InChI=1S/C52H48N4O2/c1-29-25-31(3)47(32(4)26-29)51-43-21-17-39(53-43)49(35-9-13-37(57-7)14-10-35)41-19-23-45(55-41)52(48-33(5)27-30(2)28-34(48)6)46-24-20-42(56-46)50(40-18-22-44(51)54-40)36-11-15-38(58-8)16-12-36/h9-28,53-56H,1-8H3. The molecule has 0 fully saturated rings. The van der Waals surface area contributed by atoms with Crippen LogP contribution in [0.3, 0.4) is 0 Å². The molecule has 5 heterocycles. The number of aryl methyl sites for hydroxylation is 6. The number of methoxy groups -OCH3 is 2. The molecule has 4 aromatic carbocycles. The summed E-state index contributed by atoms with van der Waals surface area (Å²) < 4.78 is 11.2. The van der Waals surface area contributed by atoms with Gasteiger partial charge in [0.15, 0.2) is 0 Å². The van der Waals surface area contributed by atoms with Gasteiger partial charge in [0, 0.05) is 66.5 Å². The highest BCUT2D eigenvalue weighted by molar-refractivity contribution is 5.86. The normalized spacial score (nSPS) is 12.7. The first-order valence-corrected chi connectivity index (χ1v) is 19.8. The SMILES string of the molecule is COc1ccc(C2=c3ccc([nH]3)=C(c3c(C)cc(C)cc3C)c3ccc([nH]3)C(c3ccc(OC)cc3)=c3ccc([nH]3)=C(c3c(C)cc(C)cc3C)c3ccc2[nH]3)cc1. The van der Waals surface area contributed by atoms with Crippen LogP contribution in [0.4, 0.5) is 0 Å². The Morgan fingerprint density at radius 1 is 0.328 bits per heavy atom. The summed E-state index contributed by atoms with van der Waals surface area (Å²) in [4.78, 5) is 15.7. The van der Waals surface area contributed by atoms with E-state index in [1.54, 1.807) is 14.2 Å². The first-order valence-electron chi connectivity index (χ1n) is 19.8. The van der Waals surface area contributed by atoms with E-state index in [0.29, 0.717) is 0 Å². The van der Waals surface area contributed by atoms with Gasteiger partial charge in [0.1, 0.15) is 11.5 Å². The molecule has 0 saturated heterocycles. The highest BCUT2D eigenvalue weighted by Gasteiger charge is 2.21. The zero-order valence-electron chi connectivity index (χ0n) is 34.4. The maximum atomic E-state index is 5.59. The molecular formula is C52H48N4O2. The molecule has 9 rings (SSSR count). The van der Waals surface area contributed by atoms with Gasteiger partial charge < -0.3 is 29.4 Å². The Balaban J connectivity index is 1.45. The molecule has 0 amide bonds. The van der Waals surface area contributed by atoms with Crippen molar-refractivity contribution in [1.82, 2.24) is 19.9 Å². The summed E-state index contributed by atoms with van der Waals surface area (Å²) in [6, 6.07) is 43.5. The van der Waals surface area contributed by atoms with Crippen LogP contribution in [0.25, 0.3) is 22.3 Å². The molecule has 288 valence electrons. The lowest BCUT2D eigenvalue weighted by atomic mass is 9.92.